The van der Waals surface area contributed by atoms with Crippen LogP contribution >= 0.6 is 0 Å². The lowest BCUT2D eigenvalue weighted by Crippen LogP contribution is -2.45. The maximum absolute atomic E-state index is 12.6. The summed E-state index contributed by atoms with van der Waals surface area (Å²) in [5, 5.41) is 0. The third kappa shape index (κ3) is 3.94. The largest absolute Gasteiger partial charge is 0.342 e. The maximum Gasteiger partial charge on any atom is 0.227 e. The molecule has 2 aromatic heterocycles. The minimum Gasteiger partial charge on any atom is -0.342 e. The molecule has 140 valence electrons. The van der Waals surface area contributed by atoms with Crippen LogP contribution in [0.25, 0.3) is 11.4 Å². The van der Waals surface area contributed by atoms with Crippen molar-refractivity contribution in [3.05, 3.63) is 30.1 Å². The van der Waals surface area contributed by atoms with E-state index >= 15 is 0 Å². The van der Waals surface area contributed by atoms with E-state index in [0.29, 0.717) is 5.92 Å². The normalized spacial score (nSPS) is 18.2. The minimum absolute atomic E-state index is 0.243. The molecule has 3 rings (SSSR count). The highest BCUT2D eigenvalue weighted by molar-refractivity contribution is 5.81. The first-order valence-corrected chi connectivity index (χ1v) is 9.34. The van der Waals surface area contributed by atoms with E-state index in [1.54, 1.807) is 6.20 Å². The van der Waals surface area contributed by atoms with Crippen LogP contribution in [0.5, 0.6) is 0 Å². The second kappa shape index (κ2) is 7.17. The number of likely N-dealkylation sites (tertiary alicyclic amines) is 1. The first kappa shape index (κ1) is 18.5. The molecule has 1 amide bonds. The van der Waals surface area contributed by atoms with Crippen molar-refractivity contribution in [2.75, 3.05) is 13.1 Å². The Labute approximate surface area is 155 Å². The van der Waals surface area contributed by atoms with E-state index in [1.807, 2.05) is 56.6 Å². The number of carbonyl (C=O) groups is 1. The molecule has 0 bridgehead atoms. The van der Waals surface area contributed by atoms with Crippen LogP contribution in [0.2, 0.25) is 0 Å². The Morgan fingerprint density at radius 1 is 1.27 bits per heavy atom. The summed E-state index contributed by atoms with van der Waals surface area (Å²) in [4.78, 5) is 28.1. The lowest BCUT2D eigenvalue weighted by atomic mass is 9.89. The van der Waals surface area contributed by atoms with Crippen molar-refractivity contribution >= 4 is 5.91 Å². The molecule has 1 saturated heterocycles. The Morgan fingerprint density at radius 2 is 2.04 bits per heavy atom. The molecular weight excluding hydrogens is 326 g/mol. The number of hydrogen-bond acceptors (Lipinski definition) is 4. The van der Waals surface area contributed by atoms with Gasteiger partial charge in [0.2, 0.25) is 5.91 Å². The van der Waals surface area contributed by atoms with Crippen LogP contribution in [0, 0.1) is 18.3 Å². The summed E-state index contributed by atoms with van der Waals surface area (Å²) in [7, 11) is 1.99. The minimum atomic E-state index is -0.320. The molecule has 6 heteroatoms. The Hall–Kier alpha value is -2.24. The molecule has 0 N–H and O–H groups in total. The number of hydrogen-bond donors (Lipinski definition) is 0. The average molecular weight is 355 g/mol. The van der Waals surface area contributed by atoms with Crippen LogP contribution in [-0.2, 0) is 18.3 Å². The maximum atomic E-state index is 12.6. The van der Waals surface area contributed by atoms with Crippen LogP contribution in [0.1, 0.15) is 45.1 Å². The molecule has 26 heavy (non-hydrogen) atoms. The van der Waals surface area contributed by atoms with Crippen LogP contribution in [-0.4, -0.2) is 43.4 Å². The SMILES string of the molecule is Cc1ncc(-c2cncc(C[C@H]3CCCN(C(=O)C(C)(C)C)C3)n2)n1C. The zero-order chi connectivity index (χ0) is 18.9. The highest BCUT2D eigenvalue weighted by Crippen LogP contribution is 2.25. The van der Waals surface area contributed by atoms with E-state index in [2.05, 4.69) is 9.97 Å². The van der Waals surface area contributed by atoms with Crippen molar-refractivity contribution in [2.45, 2.75) is 47.0 Å². The lowest BCUT2D eigenvalue weighted by Gasteiger charge is -2.36. The molecule has 0 unspecified atom stereocenters. The summed E-state index contributed by atoms with van der Waals surface area (Å²) in [6.45, 7) is 9.63. The highest BCUT2D eigenvalue weighted by atomic mass is 16.2. The van der Waals surface area contributed by atoms with Gasteiger partial charge in [0, 0.05) is 31.7 Å². The number of nitrogens with zero attached hydrogens (tertiary/aromatic N) is 5. The summed E-state index contributed by atoms with van der Waals surface area (Å²) in [6, 6.07) is 0. The zero-order valence-corrected chi connectivity index (χ0v) is 16.5. The van der Waals surface area contributed by atoms with Crippen LogP contribution in [0.3, 0.4) is 0 Å². The van der Waals surface area contributed by atoms with E-state index in [1.165, 1.54) is 0 Å². The zero-order valence-electron chi connectivity index (χ0n) is 16.5. The smallest absolute Gasteiger partial charge is 0.227 e. The Kier molecular flexibility index (Phi) is 5.12. The third-order valence-corrected chi connectivity index (χ3v) is 5.11. The molecule has 0 aromatic carbocycles. The predicted octanol–water partition coefficient (Wildman–Crippen LogP) is 3.01. The average Bonchev–Trinajstić information content (AvgIpc) is 2.93. The van der Waals surface area contributed by atoms with Gasteiger partial charge in [-0.05, 0) is 32.1 Å². The molecule has 1 fully saturated rings. The first-order valence-electron chi connectivity index (χ1n) is 9.34. The van der Waals surface area contributed by atoms with E-state index in [4.69, 9.17) is 4.98 Å². The number of carbonyl (C=O) groups excluding carboxylic acids is 1. The van der Waals surface area contributed by atoms with Crippen molar-refractivity contribution in [3.63, 3.8) is 0 Å². The van der Waals surface area contributed by atoms with Gasteiger partial charge in [-0.3, -0.25) is 9.78 Å². The molecule has 0 aliphatic carbocycles. The molecule has 0 spiro atoms. The van der Waals surface area contributed by atoms with E-state index in [0.717, 1.165) is 55.3 Å². The fraction of sp³-hybridized carbons (Fsp3) is 0.600. The van der Waals surface area contributed by atoms with Crippen LogP contribution in [0.4, 0.5) is 0 Å². The molecule has 3 heterocycles. The number of piperidine rings is 1. The van der Waals surface area contributed by atoms with Gasteiger partial charge in [-0.25, -0.2) is 9.97 Å². The molecule has 0 radical (unpaired) electrons. The summed E-state index contributed by atoms with van der Waals surface area (Å²) in [6.07, 6.45) is 8.51. The number of imidazole rings is 1. The number of amides is 1. The quantitative estimate of drug-likeness (QED) is 0.849. The topological polar surface area (TPSA) is 63.9 Å². The Balaban J connectivity index is 1.72. The molecule has 1 aliphatic rings. The van der Waals surface area contributed by atoms with Crippen molar-refractivity contribution in [2.24, 2.45) is 18.4 Å². The molecule has 2 aromatic rings. The molecule has 6 nitrogen and oxygen atoms in total. The van der Waals surface area contributed by atoms with Gasteiger partial charge in [-0.1, -0.05) is 20.8 Å². The summed E-state index contributed by atoms with van der Waals surface area (Å²) < 4.78 is 2.03. The van der Waals surface area contributed by atoms with Gasteiger partial charge in [-0.2, -0.15) is 0 Å². The van der Waals surface area contributed by atoms with Crippen molar-refractivity contribution in [3.8, 4) is 11.4 Å². The van der Waals surface area contributed by atoms with Crippen LogP contribution < -0.4 is 0 Å². The fourth-order valence-corrected chi connectivity index (χ4v) is 3.55. The molecule has 0 saturated carbocycles. The molecule has 1 atom stereocenters. The summed E-state index contributed by atoms with van der Waals surface area (Å²) >= 11 is 0. The van der Waals surface area contributed by atoms with Crippen molar-refractivity contribution < 1.29 is 4.79 Å². The summed E-state index contributed by atoms with van der Waals surface area (Å²) in [5.74, 6) is 1.64. The van der Waals surface area contributed by atoms with Gasteiger partial charge in [0.15, 0.2) is 0 Å². The summed E-state index contributed by atoms with van der Waals surface area (Å²) in [5.41, 5.74) is 2.49. The van der Waals surface area contributed by atoms with Gasteiger partial charge >= 0.3 is 0 Å². The third-order valence-electron chi connectivity index (χ3n) is 5.11. The van der Waals surface area contributed by atoms with Crippen molar-refractivity contribution in [1.29, 1.82) is 0 Å². The van der Waals surface area contributed by atoms with Gasteiger partial charge in [0.25, 0.3) is 0 Å². The second-order valence-electron chi connectivity index (χ2n) is 8.36. The Morgan fingerprint density at radius 3 is 2.69 bits per heavy atom. The van der Waals surface area contributed by atoms with E-state index in [-0.39, 0.29) is 11.3 Å². The Bertz CT molecular complexity index is 790. The molecular formula is C20H29N5O. The number of rotatable bonds is 3. The number of aromatic nitrogens is 4. The van der Waals surface area contributed by atoms with Gasteiger partial charge in [0.1, 0.15) is 11.5 Å². The van der Waals surface area contributed by atoms with Gasteiger partial charge in [0.05, 0.1) is 23.8 Å². The van der Waals surface area contributed by atoms with Crippen LogP contribution in [0.15, 0.2) is 18.6 Å². The highest BCUT2D eigenvalue weighted by Gasteiger charge is 2.31. The van der Waals surface area contributed by atoms with Gasteiger partial charge in [-0.15, -0.1) is 0 Å². The van der Waals surface area contributed by atoms with E-state index < -0.39 is 0 Å². The standard InChI is InChI=1S/C20H29N5O/c1-14-22-12-18(24(14)5)17-11-21-10-16(23-17)9-15-7-6-8-25(13-15)19(26)20(2,3)4/h10-12,15H,6-9,13H2,1-5H3/t15-/m1/s1. The van der Waals surface area contributed by atoms with Crippen molar-refractivity contribution in [1.82, 2.24) is 24.4 Å². The van der Waals surface area contributed by atoms with E-state index in [9.17, 15) is 4.79 Å². The fourth-order valence-electron chi connectivity index (χ4n) is 3.55. The monoisotopic (exact) mass is 355 g/mol. The lowest BCUT2D eigenvalue weighted by molar-refractivity contribution is -0.141. The molecule has 1 aliphatic heterocycles. The number of aryl methyl sites for hydroxylation is 1. The first-order chi connectivity index (χ1) is 12.3. The van der Waals surface area contributed by atoms with Gasteiger partial charge < -0.3 is 9.47 Å². The second-order valence-corrected chi connectivity index (χ2v) is 8.36. The predicted molar refractivity (Wildman–Crippen MR) is 101 cm³/mol.